The summed E-state index contributed by atoms with van der Waals surface area (Å²) >= 11 is 0. The Hall–Kier alpha value is -1.17. The Bertz CT molecular complexity index is 646. The number of benzene rings is 1. The van der Waals surface area contributed by atoms with Gasteiger partial charge in [-0.05, 0) is 30.7 Å². The fraction of sp³-hybridized carbons (Fsp3) is 0.654. The first-order chi connectivity index (χ1) is 15.0. The smallest absolute Gasteiger partial charge is 0.335 e. The van der Waals surface area contributed by atoms with E-state index in [1.807, 2.05) is 0 Å². The number of carboxylic acid groups (broad SMARTS) is 1. The summed E-state index contributed by atoms with van der Waals surface area (Å²) in [5, 5.41) is 11.2. The van der Waals surface area contributed by atoms with Gasteiger partial charge in [0.25, 0.3) is 5.91 Å². The number of nitrogens with one attached hydrogen (secondary N) is 1. The number of amides is 2. The minimum atomic E-state index is -1.05. The van der Waals surface area contributed by atoms with Crippen LogP contribution in [0, 0.1) is 0 Å². The second kappa shape index (κ2) is 20.4. The Kier molecular flexibility index (Phi) is 19.7. The molecule has 1 rings (SSSR count). The summed E-state index contributed by atoms with van der Waals surface area (Å²) in [5.41, 5.74) is 0.399. The standard InChI is InChI=1S/C26H41NO4.Na/c1-2-3-4-5-6-7-8-9-10-11-12-13-14-15-16-17-24(28)27-25(29)22-18-20-23(21-19-22)26(30)31;/h18-21H,2-17H2,1H3,(H,30,31)(H,27,28,29);. The SMILES string of the molecule is CCCCCCCCCCCCCCCCCC(=O)NC(=O)c1ccc(C(=O)O)cc1.[Na]. The van der Waals surface area contributed by atoms with Crippen LogP contribution in [0.5, 0.6) is 0 Å². The van der Waals surface area contributed by atoms with Crippen molar-refractivity contribution in [2.45, 2.75) is 110 Å². The second-order valence-electron chi connectivity index (χ2n) is 8.46. The number of carboxylic acids is 1. The Labute approximate surface area is 216 Å². The van der Waals surface area contributed by atoms with E-state index in [-0.39, 0.29) is 46.6 Å². The summed E-state index contributed by atoms with van der Waals surface area (Å²) < 4.78 is 0. The summed E-state index contributed by atoms with van der Waals surface area (Å²) in [6.07, 6.45) is 19.4. The molecule has 0 aliphatic heterocycles. The second-order valence-corrected chi connectivity index (χ2v) is 8.46. The third-order valence-corrected chi connectivity index (χ3v) is 5.65. The molecule has 0 saturated heterocycles. The molecule has 1 aromatic rings. The van der Waals surface area contributed by atoms with Crippen LogP contribution in [0.2, 0.25) is 0 Å². The molecule has 0 bridgehead atoms. The Morgan fingerprint density at radius 2 is 1.03 bits per heavy atom. The first-order valence-corrected chi connectivity index (χ1v) is 12.2. The predicted molar refractivity (Wildman–Crippen MR) is 131 cm³/mol. The minimum Gasteiger partial charge on any atom is -0.478 e. The van der Waals surface area contributed by atoms with Crippen LogP contribution in [0.25, 0.3) is 0 Å². The zero-order valence-electron chi connectivity index (χ0n) is 20.3. The molecule has 0 spiro atoms. The fourth-order valence-corrected chi connectivity index (χ4v) is 3.68. The number of rotatable bonds is 18. The molecule has 1 radical (unpaired) electrons. The number of unbranched alkanes of at least 4 members (excludes halogenated alkanes) is 14. The molecule has 32 heavy (non-hydrogen) atoms. The van der Waals surface area contributed by atoms with E-state index in [4.69, 9.17) is 5.11 Å². The van der Waals surface area contributed by atoms with Gasteiger partial charge >= 0.3 is 5.97 Å². The summed E-state index contributed by atoms with van der Waals surface area (Å²) in [6, 6.07) is 5.55. The molecule has 0 fully saturated rings. The van der Waals surface area contributed by atoms with Crippen molar-refractivity contribution in [3.63, 3.8) is 0 Å². The van der Waals surface area contributed by atoms with Crippen molar-refractivity contribution in [1.29, 1.82) is 0 Å². The number of aromatic carboxylic acids is 1. The van der Waals surface area contributed by atoms with Crippen LogP contribution in [-0.2, 0) is 4.79 Å². The van der Waals surface area contributed by atoms with Gasteiger partial charge in [0.05, 0.1) is 5.56 Å². The van der Waals surface area contributed by atoms with Crippen molar-refractivity contribution < 1.29 is 19.5 Å². The topological polar surface area (TPSA) is 83.5 Å². The molecule has 0 atom stereocenters. The fourth-order valence-electron chi connectivity index (χ4n) is 3.68. The molecule has 5 nitrogen and oxygen atoms in total. The summed E-state index contributed by atoms with van der Waals surface area (Å²) in [5.74, 6) is -1.80. The maximum atomic E-state index is 12.0. The van der Waals surface area contributed by atoms with Crippen molar-refractivity contribution in [3.8, 4) is 0 Å². The van der Waals surface area contributed by atoms with Crippen molar-refractivity contribution in [2.75, 3.05) is 0 Å². The maximum absolute atomic E-state index is 12.0. The van der Waals surface area contributed by atoms with Crippen LogP contribution in [0.15, 0.2) is 24.3 Å². The van der Waals surface area contributed by atoms with Gasteiger partial charge in [0.2, 0.25) is 5.91 Å². The largest absolute Gasteiger partial charge is 0.478 e. The average Bonchev–Trinajstić information content (AvgIpc) is 2.76. The number of hydrogen-bond donors (Lipinski definition) is 2. The summed E-state index contributed by atoms with van der Waals surface area (Å²) in [7, 11) is 0. The summed E-state index contributed by atoms with van der Waals surface area (Å²) in [4.78, 5) is 34.8. The first-order valence-electron chi connectivity index (χ1n) is 12.2. The zero-order valence-corrected chi connectivity index (χ0v) is 22.3. The Morgan fingerprint density at radius 1 is 0.656 bits per heavy atom. The number of imide groups is 1. The van der Waals surface area contributed by atoms with E-state index in [9.17, 15) is 14.4 Å². The summed E-state index contributed by atoms with van der Waals surface area (Å²) in [6.45, 7) is 2.26. The van der Waals surface area contributed by atoms with Crippen LogP contribution in [-0.4, -0.2) is 52.4 Å². The molecule has 0 aromatic heterocycles. The molecule has 1 aromatic carbocycles. The van der Waals surface area contributed by atoms with E-state index in [2.05, 4.69) is 12.2 Å². The van der Waals surface area contributed by atoms with Crippen molar-refractivity contribution in [3.05, 3.63) is 35.4 Å². The predicted octanol–water partition coefficient (Wildman–Crippen LogP) is 6.52. The monoisotopic (exact) mass is 454 g/mol. The van der Waals surface area contributed by atoms with Gasteiger partial charge < -0.3 is 5.11 Å². The van der Waals surface area contributed by atoms with Gasteiger partial charge in [0.15, 0.2) is 0 Å². The Balaban J connectivity index is 0.00000961. The van der Waals surface area contributed by atoms with Gasteiger partial charge in [-0.2, -0.15) is 0 Å². The maximum Gasteiger partial charge on any atom is 0.335 e. The van der Waals surface area contributed by atoms with Gasteiger partial charge in [0, 0.05) is 41.5 Å². The van der Waals surface area contributed by atoms with Crippen LogP contribution in [0.3, 0.4) is 0 Å². The van der Waals surface area contributed by atoms with Gasteiger partial charge in [-0.3, -0.25) is 14.9 Å². The molecule has 0 saturated carbocycles. The van der Waals surface area contributed by atoms with Crippen LogP contribution >= 0.6 is 0 Å². The van der Waals surface area contributed by atoms with Crippen molar-refractivity contribution in [1.82, 2.24) is 5.32 Å². The average molecular weight is 455 g/mol. The molecule has 0 aliphatic rings. The van der Waals surface area contributed by atoms with Crippen LogP contribution < -0.4 is 5.32 Å². The van der Waals surface area contributed by atoms with E-state index >= 15 is 0 Å². The van der Waals surface area contributed by atoms with Crippen molar-refractivity contribution >= 4 is 47.3 Å². The molecule has 0 heterocycles. The van der Waals surface area contributed by atoms with Crippen LogP contribution in [0.1, 0.15) is 130 Å². The van der Waals surface area contributed by atoms with Crippen LogP contribution in [0.4, 0.5) is 0 Å². The van der Waals surface area contributed by atoms with Crippen molar-refractivity contribution in [2.24, 2.45) is 0 Å². The zero-order chi connectivity index (χ0) is 22.7. The first kappa shape index (κ1) is 30.8. The molecule has 0 aliphatic carbocycles. The third-order valence-electron chi connectivity index (χ3n) is 5.65. The van der Waals surface area contributed by atoms with Gasteiger partial charge in [-0.1, -0.05) is 96.8 Å². The molecule has 2 amide bonds. The molecule has 0 unspecified atom stereocenters. The van der Waals surface area contributed by atoms with E-state index in [0.717, 1.165) is 19.3 Å². The number of carbonyl (C=O) groups is 3. The molecule has 6 heteroatoms. The molecular weight excluding hydrogens is 413 g/mol. The Morgan fingerprint density at radius 3 is 1.44 bits per heavy atom. The minimum absolute atomic E-state index is 0. The molecule has 175 valence electrons. The molecular formula is C26H41NNaO4. The van der Waals surface area contributed by atoms with E-state index in [1.165, 1.54) is 101 Å². The van der Waals surface area contributed by atoms with Gasteiger partial charge in [0.1, 0.15) is 0 Å². The van der Waals surface area contributed by atoms with E-state index in [1.54, 1.807) is 0 Å². The van der Waals surface area contributed by atoms with Gasteiger partial charge in [-0.15, -0.1) is 0 Å². The van der Waals surface area contributed by atoms with E-state index < -0.39 is 11.9 Å². The quantitative estimate of drug-likeness (QED) is 0.195. The third kappa shape index (κ3) is 15.6. The van der Waals surface area contributed by atoms with Gasteiger partial charge in [-0.25, -0.2) is 4.79 Å². The molecule has 2 N–H and O–H groups in total. The normalized spacial score (nSPS) is 10.4. The van der Waals surface area contributed by atoms with E-state index in [0.29, 0.717) is 6.42 Å². The number of hydrogen-bond acceptors (Lipinski definition) is 3. The number of carbonyl (C=O) groups excluding carboxylic acids is 2.